The van der Waals surface area contributed by atoms with E-state index in [1.54, 1.807) is 18.2 Å². The molecular formula is C8H3Cl2O. The van der Waals surface area contributed by atoms with E-state index in [1.807, 2.05) is 0 Å². The van der Waals surface area contributed by atoms with Gasteiger partial charge in [0.25, 0.3) is 0 Å². The monoisotopic (exact) mass is 185 g/mol. The van der Waals surface area contributed by atoms with E-state index in [0.717, 1.165) is 5.39 Å². The first-order valence-electron chi connectivity index (χ1n) is 3.02. The van der Waals surface area contributed by atoms with E-state index in [9.17, 15) is 0 Å². The Morgan fingerprint density at radius 3 is 2.91 bits per heavy atom. The summed E-state index contributed by atoms with van der Waals surface area (Å²) < 4.78 is 4.99. The zero-order valence-electron chi connectivity index (χ0n) is 5.40. The number of furan rings is 1. The van der Waals surface area contributed by atoms with Crippen LogP contribution in [-0.4, -0.2) is 0 Å². The normalized spacial score (nSPS) is 10.7. The lowest BCUT2D eigenvalue weighted by molar-refractivity contribution is 0.606. The van der Waals surface area contributed by atoms with Gasteiger partial charge in [-0.25, -0.2) is 0 Å². The van der Waals surface area contributed by atoms with Crippen LogP contribution in [0.2, 0.25) is 10.0 Å². The van der Waals surface area contributed by atoms with Gasteiger partial charge >= 0.3 is 0 Å². The van der Waals surface area contributed by atoms with Crippen molar-refractivity contribution in [2.45, 2.75) is 0 Å². The summed E-state index contributed by atoms with van der Waals surface area (Å²) in [7, 11) is 0. The van der Waals surface area contributed by atoms with Gasteiger partial charge in [-0.3, -0.25) is 0 Å². The van der Waals surface area contributed by atoms with Crippen molar-refractivity contribution < 1.29 is 4.42 Å². The fourth-order valence-corrected chi connectivity index (χ4v) is 1.49. The van der Waals surface area contributed by atoms with Crippen molar-refractivity contribution in [3.8, 4) is 0 Å². The molecule has 0 N–H and O–H groups in total. The molecule has 0 saturated heterocycles. The number of benzene rings is 1. The third kappa shape index (κ3) is 1.10. The summed E-state index contributed by atoms with van der Waals surface area (Å²) in [5.74, 6) is 0. The number of halogens is 2. The van der Waals surface area contributed by atoms with Gasteiger partial charge in [0.1, 0.15) is 0 Å². The number of rotatable bonds is 0. The molecule has 1 aromatic heterocycles. The third-order valence-corrected chi connectivity index (χ3v) is 1.91. The zero-order valence-corrected chi connectivity index (χ0v) is 6.91. The Kier molecular flexibility index (Phi) is 1.55. The Morgan fingerprint density at radius 2 is 2.09 bits per heavy atom. The van der Waals surface area contributed by atoms with Crippen LogP contribution in [0.4, 0.5) is 0 Å². The highest BCUT2D eigenvalue weighted by molar-refractivity contribution is 6.38. The highest BCUT2D eigenvalue weighted by Gasteiger charge is 2.03. The predicted molar refractivity (Wildman–Crippen MR) is 45.1 cm³/mol. The summed E-state index contributed by atoms with van der Waals surface area (Å²) in [5, 5.41) is 2.01. The van der Waals surface area contributed by atoms with E-state index in [-0.39, 0.29) is 0 Å². The standard InChI is InChI=1S/C8H3Cl2O/c9-6-3-5-1-2-11-8(5)7(10)4-6/h1,3-4H. The van der Waals surface area contributed by atoms with Gasteiger partial charge in [-0.2, -0.15) is 0 Å². The second-order valence-electron chi connectivity index (χ2n) is 2.17. The molecule has 1 heterocycles. The fourth-order valence-electron chi connectivity index (χ4n) is 0.947. The quantitative estimate of drug-likeness (QED) is 0.613. The minimum absolute atomic E-state index is 0.522. The maximum Gasteiger partial charge on any atom is 0.170 e. The predicted octanol–water partition coefficient (Wildman–Crippen LogP) is 3.54. The number of hydrogen-bond acceptors (Lipinski definition) is 1. The lowest BCUT2D eigenvalue weighted by atomic mass is 10.3. The highest BCUT2D eigenvalue weighted by Crippen LogP contribution is 2.27. The van der Waals surface area contributed by atoms with Crippen LogP contribution in [0.1, 0.15) is 0 Å². The Hall–Kier alpha value is -0.660. The molecule has 2 rings (SSSR count). The van der Waals surface area contributed by atoms with Gasteiger partial charge in [0.15, 0.2) is 11.8 Å². The number of hydrogen-bond donors (Lipinski definition) is 0. The minimum atomic E-state index is 0.522. The molecule has 0 saturated carbocycles. The largest absolute Gasteiger partial charge is 0.451 e. The van der Waals surface area contributed by atoms with Gasteiger partial charge in [-0.05, 0) is 18.2 Å². The topological polar surface area (TPSA) is 13.1 Å². The van der Waals surface area contributed by atoms with Crippen LogP contribution in [0.15, 0.2) is 22.6 Å². The van der Waals surface area contributed by atoms with Crippen molar-refractivity contribution in [3.63, 3.8) is 0 Å². The average Bonchev–Trinajstić information content (AvgIpc) is 2.34. The molecule has 3 heteroatoms. The number of fused-ring (bicyclic) bond motifs is 1. The molecule has 0 aliphatic carbocycles. The van der Waals surface area contributed by atoms with Gasteiger partial charge in [-0.1, -0.05) is 23.2 Å². The maximum atomic E-state index is 5.81. The third-order valence-electron chi connectivity index (χ3n) is 1.41. The lowest BCUT2D eigenvalue weighted by Crippen LogP contribution is -1.67. The van der Waals surface area contributed by atoms with Gasteiger partial charge in [0.05, 0.1) is 5.02 Å². The van der Waals surface area contributed by atoms with Crippen LogP contribution < -0.4 is 0 Å². The minimum Gasteiger partial charge on any atom is -0.451 e. The van der Waals surface area contributed by atoms with E-state index in [4.69, 9.17) is 27.6 Å². The summed E-state index contributed by atoms with van der Waals surface area (Å²) >= 11 is 11.5. The van der Waals surface area contributed by atoms with Crippen molar-refractivity contribution in [1.82, 2.24) is 0 Å². The highest BCUT2D eigenvalue weighted by atomic mass is 35.5. The second-order valence-corrected chi connectivity index (χ2v) is 3.01. The molecule has 0 bridgehead atoms. The molecule has 2 aromatic rings. The molecule has 55 valence electrons. The summed E-state index contributed by atoms with van der Waals surface area (Å²) in [6.45, 7) is 0. The van der Waals surface area contributed by atoms with Gasteiger partial charge < -0.3 is 4.42 Å². The molecule has 1 aromatic carbocycles. The summed E-state index contributed by atoms with van der Waals surface area (Å²) in [6.07, 6.45) is 2.59. The van der Waals surface area contributed by atoms with E-state index in [0.29, 0.717) is 15.6 Å². The van der Waals surface area contributed by atoms with Gasteiger partial charge in [0, 0.05) is 10.4 Å². The zero-order chi connectivity index (χ0) is 7.84. The van der Waals surface area contributed by atoms with Crippen molar-refractivity contribution in [3.05, 3.63) is 34.5 Å². The Morgan fingerprint density at radius 1 is 1.27 bits per heavy atom. The molecule has 0 atom stereocenters. The molecule has 1 nitrogen and oxygen atoms in total. The van der Waals surface area contributed by atoms with E-state index >= 15 is 0 Å². The van der Waals surface area contributed by atoms with Crippen LogP contribution in [0.5, 0.6) is 0 Å². The Bertz CT molecular complexity index is 392. The molecule has 0 spiro atoms. The summed E-state index contributed by atoms with van der Waals surface area (Å²) in [5.41, 5.74) is 0.635. The van der Waals surface area contributed by atoms with Crippen molar-refractivity contribution in [2.24, 2.45) is 0 Å². The first-order valence-corrected chi connectivity index (χ1v) is 3.77. The maximum absolute atomic E-state index is 5.81. The first kappa shape index (κ1) is 7.01. The average molecular weight is 186 g/mol. The Labute approximate surface area is 73.5 Å². The molecule has 0 fully saturated rings. The summed E-state index contributed by atoms with van der Waals surface area (Å²) in [6, 6.07) is 5.12. The van der Waals surface area contributed by atoms with Crippen molar-refractivity contribution in [2.75, 3.05) is 0 Å². The first-order chi connectivity index (χ1) is 5.27. The van der Waals surface area contributed by atoms with Crippen LogP contribution in [-0.2, 0) is 0 Å². The van der Waals surface area contributed by atoms with Gasteiger partial charge in [0.2, 0.25) is 0 Å². The van der Waals surface area contributed by atoms with Crippen LogP contribution in [0, 0.1) is 6.26 Å². The fraction of sp³-hybridized carbons (Fsp3) is 0. The molecule has 11 heavy (non-hydrogen) atoms. The SMILES string of the molecule is Clc1cc(Cl)c2o[c]cc2c1. The van der Waals surface area contributed by atoms with E-state index < -0.39 is 0 Å². The van der Waals surface area contributed by atoms with Crippen LogP contribution in [0.3, 0.4) is 0 Å². The van der Waals surface area contributed by atoms with Crippen LogP contribution in [0.25, 0.3) is 11.0 Å². The van der Waals surface area contributed by atoms with Crippen molar-refractivity contribution in [1.29, 1.82) is 0 Å². The van der Waals surface area contributed by atoms with Crippen LogP contribution >= 0.6 is 23.2 Å². The summed E-state index contributed by atoms with van der Waals surface area (Å²) in [4.78, 5) is 0. The van der Waals surface area contributed by atoms with Gasteiger partial charge in [-0.15, -0.1) is 0 Å². The molecule has 1 radical (unpaired) electrons. The van der Waals surface area contributed by atoms with E-state index in [2.05, 4.69) is 6.26 Å². The molecule has 0 amide bonds. The molecular weight excluding hydrogens is 183 g/mol. The van der Waals surface area contributed by atoms with Crippen molar-refractivity contribution >= 4 is 34.2 Å². The van der Waals surface area contributed by atoms with E-state index in [1.165, 1.54) is 0 Å². The molecule has 0 aliphatic heterocycles. The lowest BCUT2D eigenvalue weighted by Gasteiger charge is -1.92. The smallest absolute Gasteiger partial charge is 0.170 e. The Balaban J connectivity index is 2.91. The molecule has 0 unspecified atom stereocenters. The second kappa shape index (κ2) is 2.43. The molecule has 0 aliphatic rings.